The number of hydrogen-bond acceptors (Lipinski definition) is 2. The van der Waals surface area contributed by atoms with E-state index < -0.39 is 0 Å². The number of benzene rings is 1. The number of nitrogens with one attached hydrogen (secondary N) is 1. The maximum absolute atomic E-state index is 7.52. The highest BCUT2D eigenvalue weighted by molar-refractivity contribution is 6.39. The smallest absolute Gasteiger partial charge is 0.123 e. The van der Waals surface area contributed by atoms with Gasteiger partial charge < -0.3 is 5.73 Å². The molecular weight excluding hydrogens is 245 g/mol. The minimum atomic E-state index is -0.0280. The quantitative estimate of drug-likeness (QED) is 0.606. The number of amidine groups is 1. The monoisotopic (exact) mass is 253 g/mol. The molecule has 0 saturated heterocycles. The summed E-state index contributed by atoms with van der Waals surface area (Å²) in [6.07, 6.45) is 0. The summed E-state index contributed by atoms with van der Waals surface area (Å²) in [5, 5.41) is 9.17. The number of halogens is 2. The number of nitrogen functional groups attached to an aromatic ring is 1. The van der Waals surface area contributed by atoms with Crippen molar-refractivity contribution in [1.82, 2.24) is 4.98 Å². The summed E-state index contributed by atoms with van der Waals surface area (Å²) in [6.45, 7) is 1.83. The van der Waals surface area contributed by atoms with Gasteiger partial charge in [0.25, 0.3) is 0 Å². The van der Waals surface area contributed by atoms with Crippen LogP contribution in [0.15, 0.2) is 18.2 Å². The fourth-order valence-electron chi connectivity index (χ4n) is 1.63. The Morgan fingerprint density at radius 2 is 2.00 bits per heavy atom. The van der Waals surface area contributed by atoms with E-state index in [1.54, 1.807) is 18.2 Å². The Labute approximate surface area is 103 Å². The minimum absolute atomic E-state index is 0.0280. The van der Waals surface area contributed by atoms with Gasteiger partial charge in [-0.1, -0.05) is 23.2 Å². The Hall–Kier alpha value is -1.32. The van der Waals surface area contributed by atoms with Crippen molar-refractivity contribution in [2.45, 2.75) is 6.92 Å². The van der Waals surface area contributed by atoms with Crippen molar-refractivity contribution in [3.05, 3.63) is 39.5 Å². The summed E-state index contributed by atoms with van der Waals surface area (Å²) in [5.41, 5.74) is 7.54. The van der Waals surface area contributed by atoms with Gasteiger partial charge in [-0.3, -0.25) is 10.4 Å². The van der Waals surface area contributed by atoms with E-state index in [0.717, 1.165) is 5.69 Å². The topological polar surface area (TPSA) is 62.8 Å². The summed E-state index contributed by atoms with van der Waals surface area (Å²) in [7, 11) is 0. The first-order valence-corrected chi connectivity index (χ1v) is 5.35. The predicted molar refractivity (Wildman–Crippen MR) is 67.5 cm³/mol. The zero-order chi connectivity index (χ0) is 11.9. The molecule has 0 amide bonds. The highest BCUT2D eigenvalue weighted by atomic mass is 35.5. The van der Waals surface area contributed by atoms with E-state index in [2.05, 4.69) is 4.98 Å². The second-order valence-corrected chi connectivity index (χ2v) is 4.35. The number of nitrogens with zero attached hydrogens (tertiary/aromatic N) is 1. The van der Waals surface area contributed by atoms with Crippen LogP contribution in [0.1, 0.15) is 11.3 Å². The van der Waals surface area contributed by atoms with Gasteiger partial charge in [0.05, 0.1) is 10.5 Å². The molecule has 3 N–H and O–H groups in total. The van der Waals surface area contributed by atoms with Gasteiger partial charge >= 0.3 is 0 Å². The molecule has 1 aromatic carbocycles. The average molecular weight is 254 g/mol. The highest BCUT2D eigenvalue weighted by Crippen LogP contribution is 2.29. The zero-order valence-corrected chi connectivity index (χ0v) is 10.0. The van der Waals surface area contributed by atoms with E-state index in [0.29, 0.717) is 26.5 Å². The Bertz CT molecular complexity index is 588. The Morgan fingerprint density at radius 1 is 1.31 bits per heavy atom. The van der Waals surface area contributed by atoms with E-state index in [1.165, 1.54) is 0 Å². The van der Waals surface area contributed by atoms with E-state index in [-0.39, 0.29) is 5.84 Å². The normalized spacial score (nSPS) is 10.7. The third kappa shape index (κ3) is 1.84. The number of rotatable bonds is 1. The van der Waals surface area contributed by atoms with Crippen LogP contribution in [0.4, 0.5) is 0 Å². The van der Waals surface area contributed by atoms with Crippen molar-refractivity contribution in [3.8, 4) is 0 Å². The largest absolute Gasteiger partial charge is 0.384 e. The second-order valence-electron chi connectivity index (χ2n) is 3.51. The van der Waals surface area contributed by atoms with Gasteiger partial charge in [0.1, 0.15) is 5.84 Å². The molecule has 2 aromatic rings. The Balaban J connectivity index is 2.95. The molecule has 0 aliphatic rings. The molecule has 0 aliphatic carbocycles. The van der Waals surface area contributed by atoms with Crippen LogP contribution in [0.25, 0.3) is 10.9 Å². The third-order valence-electron chi connectivity index (χ3n) is 2.24. The van der Waals surface area contributed by atoms with Crippen LogP contribution in [0.3, 0.4) is 0 Å². The fraction of sp³-hybridized carbons (Fsp3) is 0.0909. The molecular formula is C11H9Cl2N3. The molecule has 3 nitrogen and oxygen atoms in total. The van der Waals surface area contributed by atoms with Crippen LogP contribution in [-0.2, 0) is 0 Å². The van der Waals surface area contributed by atoms with Gasteiger partial charge in [-0.15, -0.1) is 0 Å². The molecule has 0 saturated carbocycles. The standard InChI is InChI=1S/C11H9Cl2N3/c1-5-2-7(11(14)15)10-8(13)3-6(12)4-9(10)16-5/h2-4H,1H3,(H3,14,15). The molecule has 2 rings (SSSR count). The molecule has 0 atom stereocenters. The average Bonchev–Trinajstić information content (AvgIpc) is 2.14. The van der Waals surface area contributed by atoms with Crippen LogP contribution in [0.2, 0.25) is 10.0 Å². The first kappa shape index (κ1) is 11.2. The lowest BCUT2D eigenvalue weighted by molar-refractivity contribution is 1.24. The van der Waals surface area contributed by atoms with Crippen molar-refractivity contribution in [1.29, 1.82) is 5.41 Å². The van der Waals surface area contributed by atoms with Gasteiger partial charge in [-0.25, -0.2) is 0 Å². The first-order chi connectivity index (χ1) is 7.49. The van der Waals surface area contributed by atoms with E-state index in [1.807, 2.05) is 6.92 Å². The Kier molecular flexibility index (Phi) is 2.74. The van der Waals surface area contributed by atoms with Gasteiger partial charge in [-0.2, -0.15) is 0 Å². The fourth-order valence-corrected chi connectivity index (χ4v) is 2.22. The number of pyridine rings is 1. The van der Waals surface area contributed by atoms with Crippen molar-refractivity contribution in [2.24, 2.45) is 5.73 Å². The van der Waals surface area contributed by atoms with Crippen LogP contribution in [0, 0.1) is 12.3 Å². The lowest BCUT2D eigenvalue weighted by Crippen LogP contribution is -2.12. The van der Waals surface area contributed by atoms with Gasteiger partial charge in [-0.05, 0) is 25.1 Å². The van der Waals surface area contributed by atoms with Crippen LogP contribution < -0.4 is 5.73 Å². The number of fused-ring (bicyclic) bond motifs is 1. The predicted octanol–water partition coefficient (Wildman–Crippen LogP) is 3.13. The first-order valence-electron chi connectivity index (χ1n) is 4.60. The molecule has 5 heteroatoms. The second kappa shape index (κ2) is 3.92. The Morgan fingerprint density at radius 3 is 2.62 bits per heavy atom. The van der Waals surface area contributed by atoms with E-state index >= 15 is 0 Å². The summed E-state index contributed by atoms with van der Waals surface area (Å²) >= 11 is 12.0. The van der Waals surface area contributed by atoms with Gasteiger partial charge in [0, 0.05) is 21.7 Å². The van der Waals surface area contributed by atoms with Crippen molar-refractivity contribution >= 4 is 39.9 Å². The summed E-state index contributed by atoms with van der Waals surface area (Å²) in [5.74, 6) is -0.0280. The molecule has 16 heavy (non-hydrogen) atoms. The minimum Gasteiger partial charge on any atom is -0.384 e. The number of hydrogen-bond donors (Lipinski definition) is 2. The molecule has 0 bridgehead atoms. The molecule has 1 heterocycles. The van der Waals surface area contributed by atoms with Crippen LogP contribution in [-0.4, -0.2) is 10.8 Å². The van der Waals surface area contributed by atoms with Crippen LogP contribution >= 0.6 is 23.2 Å². The summed E-state index contributed by atoms with van der Waals surface area (Å²) < 4.78 is 0. The molecule has 0 unspecified atom stereocenters. The van der Waals surface area contributed by atoms with Crippen molar-refractivity contribution in [2.75, 3.05) is 0 Å². The molecule has 82 valence electrons. The van der Waals surface area contributed by atoms with E-state index in [4.69, 9.17) is 34.3 Å². The molecule has 0 fully saturated rings. The lowest BCUT2D eigenvalue weighted by atomic mass is 10.1. The zero-order valence-electron chi connectivity index (χ0n) is 8.51. The summed E-state index contributed by atoms with van der Waals surface area (Å²) in [4.78, 5) is 4.32. The van der Waals surface area contributed by atoms with Crippen LogP contribution in [0.5, 0.6) is 0 Å². The molecule has 0 aliphatic heterocycles. The van der Waals surface area contributed by atoms with E-state index in [9.17, 15) is 0 Å². The molecule has 0 spiro atoms. The van der Waals surface area contributed by atoms with Gasteiger partial charge in [0.15, 0.2) is 0 Å². The van der Waals surface area contributed by atoms with Gasteiger partial charge in [0.2, 0.25) is 0 Å². The van der Waals surface area contributed by atoms with Crippen molar-refractivity contribution in [3.63, 3.8) is 0 Å². The molecule has 1 aromatic heterocycles. The number of aromatic nitrogens is 1. The number of nitrogens with two attached hydrogens (primary N) is 1. The maximum Gasteiger partial charge on any atom is 0.123 e. The number of aryl methyl sites for hydroxylation is 1. The maximum atomic E-state index is 7.52. The van der Waals surface area contributed by atoms with Crippen molar-refractivity contribution < 1.29 is 0 Å². The lowest BCUT2D eigenvalue weighted by Gasteiger charge is -2.08. The summed E-state index contributed by atoms with van der Waals surface area (Å²) in [6, 6.07) is 5.07. The highest BCUT2D eigenvalue weighted by Gasteiger charge is 2.11. The molecule has 0 radical (unpaired) electrons. The SMILES string of the molecule is Cc1cc(C(=N)N)c2c(Cl)cc(Cl)cc2n1. The third-order valence-corrected chi connectivity index (χ3v) is 2.76.